The molecule has 0 saturated heterocycles. The van der Waals surface area contributed by atoms with Gasteiger partial charge in [-0.3, -0.25) is 9.78 Å². The van der Waals surface area contributed by atoms with E-state index in [2.05, 4.69) is 50.1 Å². The molecule has 1 amide bonds. The van der Waals surface area contributed by atoms with Gasteiger partial charge in [-0.15, -0.1) is 0 Å². The van der Waals surface area contributed by atoms with Crippen molar-refractivity contribution in [1.29, 1.82) is 0 Å². The molecule has 1 fully saturated rings. The van der Waals surface area contributed by atoms with E-state index in [-0.39, 0.29) is 17.7 Å². The van der Waals surface area contributed by atoms with E-state index in [1.807, 2.05) is 36.7 Å². The first-order chi connectivity index (χ1) is 14.5. The summed E-state index contributed by atoms with van der Waals surface area (Å²) in [6, 6.07) is 12.2. The number of pyridine rings is 2. The van der Waals surface area contributed by atoms with Gasteiger partial charge in [-0.25, -0.2) is 4.98 Å². The average Bonchev–Trinajstić information content (AvgIpc) is 3.23. The molecule has 1 saturated carbocycles. The second-order valence-electron chi connectivity index (χ2n) is 8.46. The molecule has 30 heavy (non-hydrogen) atoms. The molecule has 1 aliphatic carbocycles. The van der Waals surface area contributed by atoms with Gasteiger partial charge >= 0.3 is 0 Å². The van der Waals surface area contributed by atoms with Crippen LogP contribution in [-0.4, -0.2) is 15.9 Å². The number of hydrogen-bond donors (Lipinski definition) is 1. The van der Waals surface area contributed by atoms with Gasteiger partial charge in [-0.2, -0.15) is 0 Å². The third-order valence-electron chi connectivity index (χ3n) is 6.61. The number of rotatable bonds is 4. The predicted molar refractivity (Wildman–Crippen MR) is 122 cm³/mol. The Labute approximate surface area is 178 Å². The molecule has 1 aliphatic rings. The monoisotopic (exact) mass is 399 g/mol. The van der Waals surface area contributed by atoms with Crippen molar-refractivity contribution in [3.8, 4) is 11.1 Å². The summed E-state index contributed by atoms with van der Waals surface area (Å²) in [7, 11) is 0. The van der Waals surface area contributed by atoms with Crippen molar-refractivity contribution in [1.82, 2.24) is 9.97 Å². The minimum absolute atomic E-state index is 0.0491. The van der Waals surface area contributed by atoms with Gasteiger partial charge in [0.25, 0.3) is 0 Å². The average molecular weight is 400 g/mol. The summed E-state index contributed by atoms with van der Waals surface area (Å²) in [5.74, 6) is 0.771. The molecule has 4 nitrogen and oxygen atoms in total. The van der Waals surface area contributed by atoms with Gasteiger partial charge in [0.15, 0.2) is 0 Å². The van der Waals surface area contributed by atoms with E-state index in [9.17, 15) is 4.79 Å². The van der Waals surface area contributed by atoms with Crippen LogP contribution < -0.4 is 5.32 Å². The number of aryl methyl sites for hydroxylation is 2. The normalized spacial score (nSPS) is 18.4. The van der Waals surface area contributed by atoms with Crippen molar-refractivity contribution in [2.45, 2.75) is 52.9 Å². The highest BCUT2D eigenvalue weighted by Crippen LogP contribution is 2.41. The lowest BCUT2D eigenvalue weighted by molar-refractivity contribution is -0.120. The van der Waals surface area contributed by atoms with Crippen molar-refractivity contribution in [3.63, 3.8) is 0 Å². The molecule has 1 aromatic carbocycles. The summed E-state index contributed by atoms with van der Waals surface area (Å²) in [6.45, 7) is 8.45. The quantitative estimate of drug-likeness (QED) is 0.594. The Morgan fingerprint density at radius 1 is 0.900 bits per heavy atom. The van der Waals surface area contributed by atoms with Crippen LogP contribution in [0.3, 0.4) is 0 Å². The van der Waals surface area contributed by atoms with Crippen molar-refractivity contribution >= 4 is 11.7 Å². The molecule has 2 heterocycles. The molecule has 3 aromatic rings. The summed E-state index contributed by atoms with van der Waals surface area (Å²) in [4.78, 5) is 22.3. The van der Waals surface area contributed by atoms with Crippen LogP contribution >= 0.6 is 0 Å². The van der Waals surface area contributed by atoms with Gasteiger partial charge in [0.1, 0.15) is 5.82 Å². The smallest absolute Gasteiger partial charge is 0.229 e. The number of nitrogens with one attached hydrogen (secondary N) is 1. The largest absolute Gasteiger partial charge is 0.310 e. The van der Waals surface area contributed by atoms with E-state index in [4.69, 9.17) is 4.98 Å². The Balaban J connectivity index is 1.51. The maximum absolute atomic E-state index is 13.1. The van der Waals surface area contributed by atoms with E-state index in [1.165, 1.54) is 22.3 Å². The van der Waals surface area contributed by atoms with Gasteiger partial charge in [-0.05, 0) is 80.5 Å². The van der Waals surface area contributed by atoms with Crippen LogP contribution in [0.4, 0.5) is 5.82 Å². The van der Waals surface area contributed by atoms with E-state index in [0.29, 0.717) is 5.82 Å². The highest BCUT2D eigenvalue weighted by molar-refractivity contribution is 5.92. The zero-order valence-electron chi connectivity index (χ0n) is 18.2. The predicted octanol–water partition coefficient (Wildman–Crippen LogP) is 5.90. The second-order valence-corrected chi connectivity index (χ2v) is 8.46. The molecule has 2 unspecified atom stereocenters. The van der Waals surface area contributed by atoms with Crippen molar-refractivity contribution in [2.75, 3.05) is 5.32 Å². The van der Waals surface area contributed by atoms with Crippen LogP contribution in [0.1, 0.15) is 53.1 Å². The minimum atomic E-state index is -0.0591. The number of carbonyl (C=O) groups is 1. The maximum atomic E-state index is 13.1. The lowest BCUT2D eigenvalue weighted by atomic mass is 9.87. The van der Waals surface area contributed by atoms with Gasteiger partial charge in [0.2, 0.25) is 5.91 Å². The van der Waals surface area contributed by atoms with Crippen LogP contribution in [0.2, 0.25) is 0 Å². The number of hydrogen-bond acceptors (Lipinski definition) is 3. The summed E-state index contributed by atoms with van der Waals surface area (Å²) in [5.41, 5.74) is 8.21. The SMILES string of the molecule is Cc1ccccc1-c1ccc(NC(=O)C2CCCC2c2ncc(C)c(C)c2C)nc1. The van der Waals surface area contributed by atoms with E-state index in [1.54, 1.807) is 0 Å². The topological polar surface area (TPSA) is 54.9 Å². The Bertz CT molecular complexity index is 1070. The van der Waals surface area contributed by atoms with Crippen LogP contribution in [-0.2, 0) is 4.79 Å². The summed E-state index contributed by atoms with van der Waals surface area (Å²) in [6.07, 6.45) is 6.73. The molecule has 0 aliphatic heterocycles. The van der Waals surface area contributed by atoms with Crippen LogP contribution in [0, 0.1) is 33.6 Å². The van der Waals surface area contributed by atoms with Gasteiger partial charge in [0.05, 0.1) is 0 Å². The van der Waals surface area contributed by atoms with Crippen molar-refractivity contribution in [3.05, 3.63) is 76.7 Å². The van der Waals surface area contributed by atoms with E-state index >= 15 is 0 Å². The minimum Gasteiger partial charge on any atom is -0.310 e. The first-order valence-electron chi connectivity index (χ1n) is 10.7. The molecule has 2 aromatic heterocycles. The summed E-state index contributed by atoms with van der Waals surface area (Å²) >= 11 is 0. The van der Waals surface area contributed by atoms with Gasteiger partial charge in [-0.1, -0.05) is 30.7 Å². The zero-order valence-corrected chi connectivity index (χ0v) is 18.2. The Morgan fingerprint density at radius 3 is 2.43 bits per heavy atom. The number of anilines is 1. The van der Waals surface area contributed by atoms with Crippen LogP contribution in [0.25, 0.3) is 11.1 Å². The Hall–Kier alpha value is -3.01. The fraction of sp³-hybridized carbons (Fsp3) is 0.346. The number of carbonyl (C=O) groups excluding carboxylic acids is 1. The second kappa shape index (κ2) is 8.39. The molecule has 154 valence electrons. The first-order valence-corrected chi connectivity index (χ1v) is 10.7. The highest BCUT2D eigenvalue weighted by Gasteiger charge is 2.36. The summed E-state index contributed by atoms with van der Waals surface area (Å²) in [5, 5.41) is 3.04. The molecular weight excluding hydrogens is 370 g/mol. The fourth-order valence-electron chi connectivity index (χ4n) is 4.57. The molecule has 4 rings (SSSR count). The molecule has 0 radical (unpaired) electrons. The first kappa shape index (κ1) is 20.3. The zero-order chi connectivity index (χ0) is 21.3. The lowest BCUT2D eigenvalue weighted by Crippen LogP contribution is -2.26. The van der Waals surface area contributed by atoms with Gasteiger partial charge in [0, 0.05) is 35.5 Å². The van der Waals surface area contributed by atoms with Crippen molar-refractivity contribution < 1.29 is 4.79 Å². The fourth-order valence-corrected chi connectivity index (χ4v) is 4.57. The molecule has 0 spiro atoms. The van der Waals surface area contributed by atoms with Gasteiger partial charge < -0.3 is 5.32 Å². The molecule has 1 N–H and O–H groups in total. The molecular formula is C26H29N3O. The number of benzene rings is 1. The lowest BCUT2D eigenvalue weighted by Gasteiger charge is -2.21. The Kier molecular flexibility index (Phi) is 5.67. The standard InChI is InChI=1S/C26H29N3O/c1-16-8-5-6-9-21(16)20-12-13-24(27-15-20)29-26(30)23-11-7-10-22(23)25-19(4)18(3)17(2)14-28-25/h5-6,8-9,12-15,22-23H,7,10-11H2,1-4H3,(H,27,29,30). The molecule has 2 atom stereocenters. The third kappa shape index (κ3) is 3.87. The number of nitrogens with zero attached hydrogens (tertiary/aromatic N) is 2. The van der Waals surface area contributed by atoms with E-state index < -0.39 is 0 Å². The highest BCUT2D eigenvalue weighted by atomic mass is 16.2. The van der Waals surface area contributed by atoms with Crippen molar-refractivity contribution in [2.24, 2.45) is 5.92 Å². The molecule has 0 bridgehead atoms. The Morgan fingerprint density at radius 2 is 1.70 bits per heavy atom. The third-order valence-corrected chi connectivity index (χ3v) is 6.61. The molecule has 4 heteroatoms. The number of aromatic nitrogens is 2. The summed E-state index contributed by atoms with van der Waals surface area (Å²) < 4.78 is 0. The van der Waals surface area contributed by atoms with Crippen LogP contribution in [0.5, 0.6) is 0 Å². The van der Waals surface area contributed by atoms with E-state index in [0.717, 1.165) is 36.1 Å². The number of amides is 1. The van der Waals surface area contributed by atoms with Crippen LogP contribution in [0.15, 0.2) is 48.8 Å². The maximum Gasteiger partial charge on any atom is 0.229 e.